The van der Waals surface area contributed by atoms with E-state index in [1.54, 1.807) is 12.1 Å². The molecule has 84 valence electrons. The van der Waals surface area contributed by atoms with Crippen LogP contribution in [0.1, 0.15) is 17.0 Å². The Morgan fingerprint density at radius 2 is 2.53 bits per heavy atom. The van der Waals surface area contributed by atoms with E-state index in [9.17, 15) is 9.90 Å². The molecule has 1 aromatic rings. The lowest BCUT2D eigenvalue weighted by molar-refractivity contribution is 0.0586. The van der Waals surface area contributed by atoms with Gasteiger partial charge in [-0.25, -0.2) is 0 Å². The maximum atomic E-state index is 11.3. The molecule has 0 aliphatic heterocycles. The summed E-state index contributed by atoms with van der Waals surface area (Å²) in [4.78, 5) is 11.3. The minimum atomic E-state index is -0.549. The van der Waals surface area contributed by atoms with E-state index in [4.69, 9.17) is 9.15 Å². The summed E-state index contributed by atoms with van der Waals surface area (Å²) >= 11 is 0. The van der Waals surface area contributed by atoms with Gasteiger partial charge in [-0.3, -0.25) is 4.79 Å². The van der Waals surface area contributed by atoms with Gasteiger partial charge in [-0.1, -0.05) is 0 Å². The second kappa shape index (κ2) is 6.21. The van der Waals surface area contributed by atoms with Gasteiger partial charge in [0.15, 0.2) is 5.76 Å². The largest absolute Gasteiger partial charge is 0.459 e. The predicted octanol–water partition coefficient (Wildman–Crippen LogP) is 0.407. The maximum Gasteiger partial charge on any atom is 0.286 e. The number of aliphatic hydroxyl groups excluding tert-OH is 1. The fourth-order valence-corrected chi connectivity index (χ4v) is 1.12. The van der Waals surface area contributed by atoms with Gasteiger partial charge in [0.2, 0.25) is 0 Å². The van der Waals surface area contributed by atoms with Crippen molar-refractivity contribution in [3.8, 4) is 0 Å². The third-order valence-corrected chi connectivity index (χ3v) is 1.87. The number of furan rings is 1. The number of rotatable bonds is 6. The minimum absolute atomic E-state index is 0.274. The van der Waals surface area contributed by atoms with Crippen molar-refractivity contribution >= 4 is 5.91 Å². The van der Waals surface area contributed by atoms with Crippen molar-refractivity contribution in [3.63, 3.8) is 0 Å². The number of hydrogen-bond donors (Lipinski definition) is 2. The summed E-state index contributed by atoms with van der Waals surface area (Å²) in [5, 5.41) is 11.9. The Morgan fingerprint density at radius 1 is 1.73 bits per heavy atom. The van der Waals surface area contributed by atoms with Crippen LogP contribution in [-0.4, -0.2) is 37.4 Å². The van der Waals surface area contributed by atoms with Gasteiger partial charge in [0.05, 0.1) is 19.0 Å². The molecule has 1 atom stereocenters. The summed E-state index contributed by atoms with van der Waals surface area (Å²) in [6, 6.07) is 3.23. The molecule has 1 unspecified atom stereocenters. The Bertz CT molecular complexity index is 284. The highest BCUT2D eigenvalue weighted by atomic mass is 16.5. The van der Waals surface area contributed by atoms with Gasteiger partial charge in [0, 0.05) is 13.7 Å². The molecule has 1 aromatic heterocycles. The molecule has 0 bridgehead atoms. The second-order valence-electron chi connectivity index (χ2n) is 3.13. The van der Waals surface area contributed by atoms with Crippen molar-refractivity contribution in [2.75, 3.05) is 20.3 Å². The van der Waals surface area contributed by atoms with Crippen LogP contribution in [0, 0.1) is 0 Å². The van der Waals surface area contributed by atoms with Crippen LogP contribution in [0.2, 0.25) is 0 Å². The van der Waals surface area contributed by atoms with E-state index in [0.29, 0.717) is 13.0 Å². The minimum Gasteiger partial charge on any atom is -0.459 e. The van der Waals surface area contributed by atoms with E-state index in [2.05, 4.69) is 5.32 Å². The van der Waals surface area contributed by atoms with Crippen LogP contribution in [0.3, 0.4) is 0 Å². The van der Waals surface area contributed by atoms with E-state index < -0.39 is 6.10 Å². The lowest BCUT2D eigenvalue weighted by Crippen LogP contribution is -2.28. The van der Waals surface area contributed by atoms with Gasteiger partial charge in [-0.05, 0) is 18.6 Å². The molecule has 0 spiro atoms. The molecule has 0 aliphatic carbocycles. The van der Waals surface area contributed by atoms with Crippen molar-refractivity contribution < 1.29 is 19.1 Å². The van der Waals surface area contributed by atoms with Gasteiger partial charge in [0.25, 0.3) is 5.91 Å². The number of ether oxygens (including phenoxy) is 1. The third kappa shape index (κ3) is 4.14. The first-order valence-corrected chi connectivity index (χ1v) is 4.72. The molecule has 0 fully saturated rings. The zero-order valence-corrected chi connectivity index (χ0v) is 8.60. The van der Waals surface area contributed by atoms with Crippen LogP contribution in [0.5, 0.6) is 0 Å². The fourth-order valence-electron chi connectivity index (χ4n) is 1.12. The first kappa shape index (κ1) is 11.7. The monoisotopic (exact) mass is 213 g/mol. The molecular formula is C10H15NO4. The van der Waals surface area contributed by atoms with Crippen LogP contribution in [0.15, 0.2) is 22.8 Å². The third-order valence-electron chi connectivity index (χ3n) is 1.87. The predicted molar refractivity (Wildman–Crippen MR) is 53.5 cm³/mol. The molecule has 5 nitrogen and oxygen atoms in total. The van der Waals surface area contributed by atoms with Gasteiger partial charge in [-0.2, -0.15) is 0 Å². The van der Waals surface area contributed by atoms with E-state index in [1.807, 2.05) is 0 Å². The number of hydrogen-bond acceptors (Lipinski definition) is 4. The average Bonchev–Trinajstić information content (AvgIpc) is 2.70. The standard InChI is InChI=1S/C10H15NO4/c1-14-7-8(12)4-5-11-10(13)9-3-2-6-15-9/h2-3,6,8,12H,4-5,7H2,1H3,(H,11,13). The van der Waals surface area contributed by atoms with Crippen molar-refractivity contribution in [1.82, 2.24) is 5.32 Å². The molecule has 1 heterocycles. The lowest BCUT2D eigenvalue weighted by atomic mass is 10.2. The Morgan fingerprint density at radius 3 is 3.13 bits per heavy atom. The average molecular weight is 213 g/mol. The van der Waals surface area contributed by atoms with Gasteiger partial charge in [0.1, 0.15) is 0 Å². The molecule has 0 saturated heterocycles. The Hall–Kier alpha value is -1.33. The molecule has 1 amide bonds. The van der Waals surface area contributed by atoms with Crippen LogP contribution in [0.25, 0.3) is 0 Å². The summed E-state index contributed by atoms with van der Waals surface area (Å²) in [5.41, 5.74) is 0. The molecule has 2 N–H and O–H groups in total. The summed E-state index contributed by atoms with van der Waals surface area (Å²) in [6.07, 6.45) is 1.35. The van der Waals surface area contributed by atoms with Crippen LogP contribution in [0.4, 0.5) is 0 Å². The van der Waals surface area contributed by atoms with Gasteiger partial charge in [-0.15, -0.1) is 0 Å². The highest BCUT2D eigenvalue weighted by Gasteiger charge is 2.08. The van der Waals surface area contributed by atoms with E-state index in [-0.39, 0.29) is 18.3 Å². The number of carbonyl (C=O) groups is 1. The number of aliphatic hydroxyl groups is 1. The normalized spacial score (nSPS) is 12.4. The van der Waals surface area contributed by atoms with E-state index >= 15 is 0 Å². The molecule has 15 heavy (non-hydrogen) atoms. The van der Waals surface area contributed by atoms with E-state index in [1.165, 1.54) is 13.4 Å². The molecule has 0 radical (unpaired) electrons. The topological polar surface area (TPSA) is 71.7 Å². The molecular weight excluding hydrogens is 198 g/mol. The van der Waals surface area contributed by atoms with Crippen LogP contribution < -0.4 is 5.32 Å². The fraction of sp³-hybridized carbons (Fsp3) is 0.500. The first-order chi connectivity index (χ1) is 7.24. The molecule has 0 aromatic carbocycles. The summed E-state index contributed by atoms with van der Waals surface area (Å²) < 4.78 is 9.65. The highest BCUT2D eigenvalue weighted by molar-refractivity contribution is 5.91. The molecule has 0 saturated carbocycles. The van der Waals surface area contributed by atoms with Crippen molar-refractivity contribution in [3.05, 3.63) is 24.2 Å². The highest BCUT2D eigenvalue weighted by Crippen LogP contribution is 1.99. The summed E-state index contributed by atoms with van der Waals surface area (Å²) in [6.45, 7) is 0.667. The Balaban J connectivity index is 2.18. The van der Waals surface area contributed by atoms with Gasteiger partial charge < -0.3 is 19.6 Å². The Kier molecular flexibility index (Phi) is 4.86. The lowest BCUT2D eigenvalue weighted by Gasteiger charge is -2.09. The maximum absolute atomic E-state index is 11.3. The number of methoxy groups -OCH3 is 1. The van der Waals surface area contributed by atoms with Crippen molar-refractivity contribution in [2.24, 2.45) is 0 Å². The zero-order chi connectivity index (χ0) is 11.1. The first-order valence-electron chi connectivity index (χ1n) is 4.72. The summed E-state index contributed by atoms with van der Waals surface area (Å²) in [7, 11) is 1.52. The zero-order valence-electron chi connectivity index (χ0n) is 8.60. The Labute approximate surface area is 88.0 Å². The van der Waals surface area contributed by atoms with Crippen LogP contribution >= 0.6 is 0 Å². The second-order valence-corrected chi connectivity index (χ2v) is 3.13. The summed E-state index contributed by atoms with van der Waals surface area (Å²) in [5.74, 6) is 0.000785. The smallest absolute Gasteiger partial charge is 0.286 e. The SMILES string of the molecule is COCC(O)CCNC(=O)c1ccco1. The van der Waals surface area contributed by atoms with Gasteiger partial charge >= 0.3 is 0 Å². The quantitative estimate of drug-likeness (QED) is 0.717. The van der Waals surface area contributed by atoms with Crippen molar-refractivity contribution in [1.29, 1.82) is 0 Å². The van der Waals surface area contributed by atoms with E-state index in [0.717, 1.165) is 0 Å². The molecule has 1 rings (SSSR count). The molecule has 5 heteroatoms. The van der Waals surface area contributed by atoms with Crippen molar-refractivity contribution in [2.45, 2.75) is 12.5 Å². The number of amides is 1. The molecule has 0 aliphatic rings. The number of nitrogens with one attached hydrogen (secondary N) is 1. The number of carbonyl (C=O) groups excluding carboxylic acids is 1. The van der Waals surface area contributed by atoms with Crippen LogP contribution in [-0.2, 0) is 4.74 Å².